The second-order valence-electron chi connectivity index (χ2n) is 5.07. The maximum atomic E-state index is 6.07. The van der Waals surface area contributed by atoms with Crippen molar-refractivity contribution >= 4 is 17.4 Å². The summed E-state index contributed by atoms with van der Waals surface area (Å²) in [5, 5.41) is 4.50. The van der Waals surface area contributed by atoms with Gasteiger partial charge in [0.2, 0.25) is 0 Å². The summed E-state index contributed by atoms with van der Waals surface area (Å²) in [6, 6.07) is 0.585. The summed E-state index contributed by atoms with van der Waals surface area (Å²) in [6.07, 6.45) is 0. The van der Waals surface area contributed by atoms with E-state index in [0.717, 1.165) is 31.9 Å². The Kier molecular flexibility index (Phi) is 4.17. The molecule has 5 heteroatoms. The average Bonchev–Trinajstić information content (AvgIpc) is 2.63. The second-order valence-corrected chi connectivity index (χ2v) is 5.34. The van der Waals surface area contributed by atoms with Crippen LogP contribution < -0.4 is 4.90 Å². The Hall–Kier alpha value is -0.740. The molecule has 1 aromatic rings. The lowest BCUT2D eigenvalue weighted by Crippen LogP contribution is -2.52. The summed E-state index contributed by atoms with van der Waals surface area (Å²) in [7, 11) is 2.01. The predicted octanol–water partition coefficient (Wildman–Crippen LogP) is 2.00. The van der Waals surface area contributed by atoms with Crippen LogP contribution in [-0.4, -0.2) is 46.9 Å². The molecule has 0 spiro atoms. The Bertz CT molecular complexity index is 415. The van der Waals surface area contributed by atoms with Gasteiger partial charge in [-0.25, -0.2) is 0 Å². The Morgan fingerprint density at radius 1 is 1.39 bits per heavy atom. The number of alkyl halides is 1. The predicted molar refractivity (Wildman–Crippen MR) is 76.4 cm³/mol. The summed E-state index contributed by atoms with van der Waals surface area (Å²) in [5.41, 5.74) is 2.23. The number of likely N-dealkylation sites (N-methyl/N-ethyl adjacent to an activating group) is 1. The molecule has 1 aliphatic heterocycles. The maximum Gasteiger partial charge on any atom is 0.131 e. The van der Waals surface area contributed by atoms with Crippen molar-refractivity contribution in [3.63, 3.8) is 0 Å². The van der Waals surface area contributed by atoms with E-state index in [-0.39, 0.29) is 0 Å². The minimum Gasteiger partial charge on any atom is -0.354 e. The molecule has 102 valence electrons. The summed E-state index contributed by atoms with van der Waals surface area (Å²) < 4.78 is 1.97. The number of hydrogen-bond acceptors (Lipinski definition) is 3. The molecule has 1 saturated heterocycles. The van der Waals surface area contributed by atoms with E-state index >= 15 is 0 Å². The van der Waals surface area contributed by atoms with E-state index in [1.165, 1.54) is 11.4 Å². The first-order chi connectivity index (χ1) is 8.58. The summed E-state index contributed by atoms with van der Waals surface area (Å²) in [5.74, 6) is 1.74. The summed E-state index contributed by atoms with van der Waals surface area (Å²) in [6.45, 7) is 10.9. The molecule has 1 aromatic heterocycles. The lowest BCUT2D eigenvalue weighted by atomic mass is 10.1. The van der Waals surface area contributed by atoms with E-state index in [1.54, 1.807) is 0 Å². The quantitative estimate of drug-likeness (QED) is 0.786. The number of aromatic nitrogens is 2. The standard InChI is InChI=1S/C13H23ClN4/c1-5-17-6-7-18(9-10(17)2)13-12(8-14)11(3)15-16(13)4/h10H,5-9H2,1-4H3. The number of anilines is 1. The average molecular weight is 271 g/mol. The molecule has 0 bridgehead atoms. The minimum atomic E-state index is 0.539. The number of hydrogen-bond donors (Lipinski definition) is 0. The molecule has 2 heterocycles. The topological polar surface area (TPSA) is 24.3 Å². The first kappa shape index (κ1) is 13.7. The fraction of sp³-hybridized carbons (Fsp3) is 0.769. The molecular formula is C13H23ClN4. The van der Waals surface area contributed by atoms with Crippen LogP contribution in [0.15, 0.2) is 0 Å². The smallest absolute Gasteiger partial charge is 0.131 e. The van der Waals surface area contributed by atoms with Crippen molar-refractivity contribution in [3.05, 3.63) is 11.3 Å². The molecule has 1 atom stereocenters. The number of nitrogens with zero attached hydrogens (tertiary/aromatic N) is 4. The molecule has 1 unspecified atom stereocenters. The van der Waals surface area contributed by atoms with Gasteiger partial charge in [-0.05, 0) is 20.4 Å². The van der Waals surface area contributed by atoms with Crippen LogP contribution in [0.25, 0.3) is 0 Å². The highest BCUT2D eigenvalue weighted by Crippen LogP contribution is 2.26. The molecule has 0 radical (unpaired) electrons. The van der Waals surface area contributed by atoms with E-state index in [4.69, 9.17) is 11.6 Å². The van der Waals surface area contributed by atoms with E-state index < -0.39 is 0 Å². The van der Waals surface area contributed by atoms with E-state index in [1.807, 2.05) is 18.7 Å². The van der Waals surface area contributed by atoms with Crippen LogP contribution in [0.2, 0.25) is 0 Å². The van der Waals surface area contributed by atoms with E-state index in [2.05, 4.69) is 28.7 Å². The Labute approximate surface area is 115 Å². The van der Waals surface area contributed by atoms with E-state index in [0.29, 0.717) is 11.9 Å². The normalized spacial score (nSPS) is 21.6. The lowest BCUT2D eigenvalue weighted by Gasteiger charge is -2.40. The molecule has 18 heavy (non-hydrogen) atoms. The third-order valence-electron chi connectivity index (χ3n) is 3.92. The van der Waals surface area contributed by atoms with Crippen molar-refractivity contribution in [2.45, 2.75) is 32.7 Å². The van der Waals surface area contributed by atoms with Gasteiger partial charge in [-0.2, -0.15) is 5.10 Å². The number of halogens is 1. The molecule has 0 aromatic carbocycles. The maximum absolute atomic E-state index is 6.07. The highest BCUT2D eigenvalue weighted by molar-refractivity contribution is 6.17. The van der Waals surface area contributed by atoms with Crippen LogP contribution >= 0.6 is 11.6 Å². The fourth-order valence-electron chi connectivity index (χ4n) is 2.90. The number of rotatable bonds is 3. The van der Waals surface area contributed by atoms with Crippen molar-refractivity contribution in [2.75, 3.05) is 31.1 Å². The second kappa shape index (κ2) is 5.49. The zero-order valence-corrected chi connectivity index (χ0v) is 12.5. The van der Waals surface area contributed by atoms with E-state index in [9.17, 15) is 0 Å². The van der Waals surface area contributed by atoms with Crippen molar-refractivity contribution < 1.29 is 0 Å². The van der Waals surface area contributed by atoms with Gasteiger partial charge in [0.25, 0.3) is 0 Å². The molecule has 1 aliphatic rings. The molecule has 0 aliphatic carbocycles. The van der Waals surface area contributed by atoms with Gasteiger partial charge < -0.3 is 4.90 Å². The summed E-state index contributed by atoms with van der Waals surface area (Å²) >= 11 is 6.07. The van der Waals surface area contributed by atoms with Crippen LogP contribution in [-0.2, 0) is 12.9 Å². The number of piperazine rings is 1. The molecule has 0 saturated carbocycles. The fourth-order valence-corrected chi connectivity index (χ4v) is 3.21. The SMILES string of the molecule is CCN1CCN(c2c(CCl)c(C)nn2C)CC1C. The Morgan fingerprint density at radius 3 is 2.67 bits per heavy atom. The van der Waals surface area contributed by atoms with Crippen molar-refractivity contribution in [1.29, 1.82) is 0 Å². The zero-order valence-electron chi connectivity index (χ0n) is 11.8. The van der Waals surface area contributed by atoms with Gasteiger partial charge in [-0.15, -0.1) is 11.6 Å². The molecular weight excluding hydrogens is 248 g/mol. The Balaban J connectivity index is 2.23. The van der Waals surface area contributed by atoms with Gasteiger partial charge in [0.05, 0.1) is 11.6 Å². The van der Waals surface area contributed by atoms with Crippen LogP contribution in [0, 0.1) is 6.92 Å². The first-order valence-electron chi connectivity index (χ1n) is 6.65. The van der Waals surface area contributed by atoms with Crippen molar-refractivity contribution in [3.8, 4) is 0 Å². The third kappa shape index (κ3) is 2.36. The molecule has 4 nitrogen and oxygen atoms in total. The largest absolute Gasteiger partial charge is 0.354 e. The van der Waals surface area contributed by atoms with Gasteiger partial charge in [-0.3, -0.25) is 9.58 Å². The Morgan fingerprint density at radius 2 is 2.11 bits per heavy atom. The molecule has 2 rings (SSSR count). The van der Waals surface area contributed by atoms with Crippen molar-refractivity contribution in [1.82, 2.24) is 14.7 Å². The van der Waals surface area contributed by atoms with Crippen molar-refractivity contribution in [2.24, 2.45) is 7.05 Å². The van der Waals surface area contributed by atoms with Crippen LogP contribution in [0.3, 0.4) is 0 Å². The van der Waals surface area contributed by atoms with Gasteiger partial charge in [-0.1, -0.05) is 6.92 Å². The van der Waals surface area contributed by atoms with Crippen LogP contribution in [0.4, 0.5) is 5.82 Å². The number of aryl methyl sites for hydroxylation is 2. The zero-order chi connectivity index (χ0) is 13.3. The van der Waals surface area contributed by atoms with Gasteiger partial charge in [0, 0.05) is 38.3 Å². The van der Waals surface area contributed by atoms with Gasteiger partial charge in [0.1, 0.15) is 5.82 Å². The van der Waals surface area contributed by atoms with Crippen LogP contribution in [0.5, 0.6) is 0 Å². The lowest BCUT2D eigenvalue weighted by molar-refractivity contribution is 0.198. The molecule has 0 amide bonds. The highest BCUT2D eigenvalue weighted by Gasteiger charge is 2.26. The highest BCUT2D eigenvalue weighted by atomic mass is 35.5. The molecule has 0 N–H and O–H groups in total. The molecule has 1 fully saturated rings. The first-order valence-corrected chi connectivity index (χ1v) is 7.19. The van der Waals surface area contributed by atoms with Gasteiger partial charge >= 0.3 is 0 Å². The van der Waals surface area contributed by atoms with Crippen LogP contribution in [0.1, 0.15) is 25.1 Å². The van der Waals surface area contributed by atoms with Gasteiger partial charge in [0.15, 0.2) is 0 Å². The summed E-state index contributed by atoms with van der Waals surface area (Å²) in [4.78, 5) is 4.94. The third-order valence-corrected chi connectivity index (χ3v) is 4.18. The monoisotopic (exact) mass is 270 g/mol. The minimum absolute atomic E-state index is 0.539.